The number of nitrogens with one attached hydrogen (secondary N) is 1. The van der Waals surface area contributed by atoms with E-state index in [0.717, 1.165) is 21.3 Å². The number of H-pyrrole nitrogens is 1. The number of aromatic amines is 1. The van der Waals surface area contributed by atoms with Crippen LogP contribution in [0.25, 0.3) is 11.2 Å². The van der Waals surface area contributed by atoms with Gasteiger partial charge in [0.15, 0.2) is 17.0 Å². The minimum absolute atomic E-state index is 0.00324. The predicted molar refractivity (Wildman–Crippen MR) is 122 cm³/mol. The fraction of sp³-hybridized carbons (Fsp3) is 0.429. The third kappa shape index (κ3) is 6.41. The van der Waals surface area contributed by atoms with E-state index < -0.39 is 42.0 Å². The zero-order valence-electron chi connectivity index (χ0n) is 19.4. The van der Waals surface area contributed by atoms with Gasteiger partial charge in [-0.2, -0.15) is 36.1 Å². The van der Waals surface area contributed by atoms with E-state index in [1.807, 2.05) is 0 Å². The molecule has 0 aliphatic rings. The number of nitrogens with zero attached hydrogens (tertiary/aromatic N) is 7. The summed E-state index contributed by atoms with van der Waals surface area (Å²) in [5.41, 5.74) is -2.31. The number of alkyl halides is 6. The van der Waals surface area contributed by atoms with Crippen LogP contribution in [0.5, 0.6) is 0 Å². The summed E-state index contributed by atoms with van der Waals surface area (Å²) in [6.45, 7) is -0.370. The van der Waals surface area contributed by atoms with Crippen molar-refractivity contribution in [3.05, 3.63) is 67.3 Å². The summed E-state index contributed by atoms with van der Waals surface area (Å²) >= 11 is 5.82. The quantitative estimate of drug-likeness (QED) is 0.245. The largest absolute Gasteiger partial charge is 0.416 e. The van der Waals surface area contributed by atoms with Gasteiger partial charge in [-0.1, -0.05) is 18.2 Å². The monoisotopic (exact) mass is 564 g/mol. The molecule has 0 unspecified atom stereocenters. The van der Waals surface area contributed by atoms with Crippen LogP contribution in [0.1, 0.15) is 36.2 Å². The summed E-state index contributed by atoms with van der Waals surface area (Å²) in [5.74, 6) is 0.169. The Morgan fingerprint density at radius 3 is 2.42 bits per heavy atom. The molecule has 0 aliphatic carbocycles. The van der Waals surface area contributed by atoms with E-state index in [1.165, 1.54) is 16.9 Å². The first kappa shape index (κ1) is 27.3. The number of rotatable bonds is 9. The van der Waals surface area contributed by atoms with Gasteiger partial charge in [-0.05, 0) is 41.3 Å². The second kappa shape index (κ2) is 10.6. The fourth-order valence-electron chi connectivity index (χ4n) is 3.83. The molecule has 10 nitrogen and oxygen atoms in total. The molecule has 4 rings (SSSR count). The molecule has 0 aliphatic heterocycles. The first-order valence-corrected chi connectivity index (χ1v) is 11.6. The summed E-state index contributed by atoms with van der Waals surface area (Å²) in [6, 6.07) is 4.72. The second-order valence-electron chi connectivity index (χ2n) is 8.37. The Labute approximate surface area is 213 Å². The van der Waals surface area contributed by atoms with Crippen molar-refractivity contribution >= 4 is 22.8 Å². The van der Waals surface area contributed by atoms with Crippen molar-refractivity contribution in [2.24, 2.45) is 0 Å². The van der Waals surface area contributed by atoms with Gasteiger partial charge in [0, 0.05) is 25.9 Å². The molecule has 17 heteroatoms. The van der Waals surface area contributed by atoms with E-state index >= 15 is 0 Å². The first-order valence-electron chi connectivity index (χ1n) is 11.2. The number of hydrogen-bond donors (Lipinski definition) is 1. The Balaban J connectivity index is 1.46. The highest BCUT2D eigenvalue weighted by molar-refractivity contribution is 6.28. The topological polar surface area (TPSA) is 116 Å². The SMILES string of the molecule is O=c1c2[nH]c(Cl)nc2n(CCCC(F)(F)F)c(=O)n1CCCn1nnc(Cc2cccc(C(F)(F)F)c2)n1. The van der Waals surface area contributed by atoms with Gasteiger partial charge in [-0.25, -0.2) is 4.79 Å². The molecule has 3 heterocycles. The van der Waals surface area contributed by atoms with Crippen molar-refractivity contribution in [1.29, 1.82) is 0 Å². The molecular formula is C21H19ClF6N8O2. The molecule has 0 spiro atoms. The van der Waals surface area contributed by atoms with Crippen molar-refractivity contribution in [2.45, 2.75) is 57.7 Å². The lowest BCUT2D eigenvalue weighted by Crippen LogP contribution is -2.40. The molecule has 0 bridgehead atoms. The van der Waals surface area contributed by atoms with E-state index in [-0.39, 0.29) is 54.7 Å². The van der Waals surface area contributed by atoms with Crippen LogP contribution in [0, 0.1) is 0 Å². The van der Waals surface area contributed by atoms with Crippen LogP contribution in [0.4, 0.5) is 26.3 Å². The highest BCUT2D eigenvalue weighted by atomic mass is 35.5. The summed E-state index contributed by atoms with van der Waals surface area (Å²) in [6.07, 6.45) is -10.3. The maximum absolute atomic E-state index is 12.9. The molecule has 4 aromatic rings. The molecule has 0 atom stereocenters. The molecule has 1 aromatic carbocycles. The predicted octanol–water partition coefficient (Wildman–Crippen LogP) is 3.57. The van der Waals surface area contributed by atoms with Crippen LogP contribution in [-0.4, -0.2) is 45.5 Å². The molecule has 38 heavy (non-hydrogen) atoms. The van der Waals surface area contributed by atoms with E-state index in [4.69, 9.17) is 11.6 Å². The molecular weight excluding hydrogens is 546 g/mol. The number of fused-ring (bicyclic) bond motifs is 1. The Bertz CT molecular complexity index is 1550. The number of imidazole rings is 1. The highest BCUT2D eigenvalue weighted by Gasteiger charge is 2.30. The van der Waals surface area contributed by atoms with Crippen molar-refractivity contribution in [2.75, 3.05) is 0 Å². The number of hydrogen-bond acceptors (Lipinski definition) is 6. The normalized spacial score (nSPS) is 12.5. The van der Waals surface area contributed by atoms with Crippen molar-refractivity contribution in [1.82, 2.24) is 39.3 Å². The van der Waals surface area contributed by atoms with Crippen LogP contribution in [0.2, 0.25) is 5.28 Å². The highest BCUT2D eigenvalue weighted by Crippen LogP contribution is 2.29. The van der Waals surface area contributed by atoms with E-state index in [2.05, 4.69) is 25.4 Å². The first-order chi connectivity index (χ1) is 17.8. The van der Waals surface area contributed by atoms with Crippen LogP contribution < -0.4 is 11.2 Å². The number of aryl methyl sites for hydroxylation is 2. The number of benzene rings is 1. The van der Waals surface area contributed by atoms with Crippen molar-refractivity contribution < 1.29 is 26.3 Å². The van der Waals surface area contributed by atoms with E-state index in [0.29, 0.717) is 5.56 Å². The maximum Gasteiger partial charge on any atom is 0.416 e. The lowest BCUT2D eigenvalue weighted by atomic mass is 10.1. The van der Waals surface area contributed by atoms with Gasteiger partial charge in [0.25, 0.3) is 5.56 Å². The number of aromatic nitrogens is 8. The van der Waals surface area contributed by atoms with Gasteiger partial charge in [-0.3, -0.25) is 13.9 Å². The Morgan fingerprint density at radius 2 is 1.71 bits per heavy atom. The summed E-state index contributed by atoms with van der Waals surface area (Å²) in [4.78, 5) is 33.3. The molecule has 0 amide bonds. The Kier molecular flexibility index (Phi) is 7.62. The van der Waals surface area contributed by atoms with Crippen molar-refractivity contribution in [3.8, 4) is 0 Å². The minimum atomic E-state index is -4.49. The molecule has 0 radical (unpaired) electrons. The van der Waals surface area contributed by atoms with Crippen molar-refractivity contribution in [3.63, 3.8) is 0 Å². The second-order valence-corrected chi connectivity index (χ2v) is 8.72. The average molecular weight is 565 g/mol. The zero-order valence-corrected chi connectivity index (χ0v) is 20.1. The van der Waals surface area contributed by atoms with E-state index in [9.17, 15) is 35.9 Å². The molecule has 0 saturated carbocycles. The Hall–Kier alpha value is -3.69. The zero-order chi connectivity index (χ0) is 27.7. The average Bonchev–Trinajstić information content (AvgIpc) is 3.43. The third-order valence-electron chi connectivity index (χ3n) is 5.52. The van der Waals surface area contributed by atoms with Crippen LogP contribution in [-0.2, 0) is 32.2 Å². The van der Waals surface area contributed by atoms with Crippen LogP contribution >= 0.6 is 11.6 Å². The number of halogens is 7. The van der Waals surface area contributed by atoms with Gasteiger partial charge in [0.1, 0.15) is 0 Å². The lowest BCUT2D eigenvalue weighted by Gasteiger charge is -2.12. The summed E-state index contributed by atoms with van der Waals surface area (Å²) in [7, 11) is 0. The van der Waals surface area contributed by atoms with Crippen LogP contribution in [0.3, 0.4) is 0 Å². The summed E-state index contributed by atoms with van der Waals surface area (Å²) in [5, 5.41) is 11.6. The smallest absolute Gasteiger partial charge is 0.323 e. The molecule has 0 saturated heterocycles. The maximum atomic E-state index is 12.9. The lowest BCUT2D eigenvalue weighted by molar-refractivity contribution is -0.138. The number of tetrazole rings is 1. The van der Waals surface area contributed by atoms with Gasteiger partial charge in [0.05, 0.1) is 12.1 Å². The molecule has 1 N–H and O–H groups in total. The fourth-order valence-corrected chi connectivity index (χ4v) is 4.00. The Morgan fingerprint density at radius 1 is 0.974 bits per heavy atom. The molecule has 204 valence electrons. The van der Waals surface area contributed by atoms with E-state index in [1.54, 1.807) is 0 Å². The third-order valence-corrected chi connectivity index (χ3v) is 5.70. The summed E-state index contributed by atoms with van der Waals surface area (Å²) < 4.78 is 78.3. The van der Waals surface area contributed by atoms with Gasteiger partial charge in [-0.15, -0.1) is 10.2 Å². The minimum Gasteiger partial charge on any atom is -0.323 e. The van der Waals surface area contributed by atoms with Crippen LogP contribution in [0.15, 0.2) is 33.9 Å². The molecule has 0 fully saturated rings. The van der Waals surface area contributed by atoms with Gasteiger partial charge in [0.2, 0.25) is 5.28 Å². The molecule has 3 aromatic heterocycles. The van der Waals surface area contributed by atoms with Gasteiger partial charge >= 0.3 is 18.0 Å². The standard InChI is InChI=1S/C21H19ClF6N8O2/c22-18-29-15-16(30-18)34(7-2-6-20(23,24)25)19(38)35(17(15)37)8-3-9-36-32-14(31-33-36)11-12-4-1-5-13(10-12)21(26,27)28/h1,4-5,10H,2-3,6-9,11H2,(H,29,30). The van der Waals surface area contributed by atoms with Gasteiger partial charge < -0.3 is 4.98 Å².